The number of unbranched alkanes of at least 4 members (excludes halogenated alkanes) is 1. The van der Waals surface area contributed by atoms with Crippen LogP contribution in [0.2, 0.25) is 0 Å². The Morgan fingerprint density at radius 2 is 2.21 bits per heavy atom. The molecule has 1 atom stereocenters. The SMILES string of the molecule is CSCCCCNC1CCc2ccccc2NC1=O. The summed E-state index contributed by atoms with van der Waals surface area (Å²) in [4.78, 5) is 12.1. The fourth-order valence-corrected chi connectivity index (χ4v) is 2.85. The number of carbonyl (C=O) groups excluding carboxylic acids is 1. The van der Waals surface area contributed by atoms with E-state index in [0.717, 1.165) is 31.5 Å². The second kappa shape index (κ2) is 7.56. The Balaban J connectivity index is 1.83. The van der Waals surface area contributed by atoms with Crippen molar-refractivity contribution in [3.63, 3.8) is 0 Å². The maximum atomic E-state index is 12.1. The number of hydrogen-bond donors (Lipinski definition) is 2. The number of aryl methyl sites for hydroxylation is 1. The Kier molecular flexibility index (Phi) is 5.73. The highest BCUT2D eigenvalue weighted by atomic mass is 32.2. The topological polar surface area (TPSA) is 41.1 Å². The largest absolute Gasteiger partial charge is 0.324 e. The van der Waals surface area contributed by atoms with E-state index in [-0.39, 0.29) is 11.9 Å². The Morgan fingerprint density at radius 3 is 3.05 bits per heavy atom. The lowest BCUT2D eigenvalue weighted by molar-refractivity contribution is -0.118. The normalized spacial score (nSPS) is 18.6. The smallest absolute Gasteiger partial charge is 0.241 e. The molecule has 1 aromatic rings. The minimum Gasteiger partial charge on any atom is -0.324 e. The van der Waals surface area contributed by atoms with E-state index in [4.69, 9.17) is 0 Å². The Labute approximate surface area is 119 Å². The molecule has 0 bridgehead atoms. The van der Waals surface area contributed by atoms with Gasteiger partial charge in [0.2, 0.25) is 5.91 Å². The third-order valence-electron chi connectivity index (χ3n) is 3.46. The zero-order chi connectivity index (χ0) is 13.5. The van der Waals surface area contributed by atoms with E-state index < -0.39 is 0 Å². The highest BCUT2D eigenvalue weighted by Gasteiger charge is 2.22. The van der Waals surface area contributed by atoms with Gasteiger partial charge in [-0.15, -0.1) is 0 Å². The highest BCUT2D eigenvalue weighted by molar-refractivity contribution is 7.98. The number of thioether (sulfide) groups is 1. The molecule has 1 aliphatic rings. The van der Waals surface area contributed by atoms with Gasteiger partial charge in [-0.05, 0) is 55.9 Å². The summed E-state index contributed by atoms with van der Waals surface area (Å²) in [6.07, 6.45) is 6.31. The van der Waals surface area contributed by atoms with Crippen molar-refractivity contribution < 1.29 is 4.79 Å². The van der Waals surface area contributed by atoms with Gasteiger partial charge in [0.15, 0.2) is 0 Å². The molecular weight excluding hydrogens is 256 g/mol. The van der Waals surface area contributed by atoms with Crippen LogP contribution in [0.25, 0.3) is 0 Å². The molecule has 1 aliphatic heterocycles. The van der Waals surface area contributed by atoms with Crippen molar-refractivity contribution in [3.8, 4) is 0 Å². The van der Waals surface area contributed by atoms with E-state index in [1.54, 1.807) is 0 Å². The summed E-state index contributed by atoms with van der Waals surface area (Å²) in [5.41, 5.74) is 2.21. The number of nitrogens with one attached hydrogen (secondary N) is 2. The lowest BCUT2D eigenvalue weighted by Gasteiger charge is -2.15. The molecule has 0 saturated carbocycles. The molecule has 0 radical (unpaired) electrons. The van der Waals surface area contributed by atoms with Crippen molar-refractivity contribution in [1.82, 2.24) is 5.32 Å². The van der Waals surface area contributed by atoms with Crippen LogP contribution in [-0.2, 0) is 11.2 Å². The van der Waals surface area contributed by atoms with Gasteiger partial charge in [0.05, 0.1) is 6.04 Å². The first kappa shape index (κ1) is 14.4. The number of hydrogen-bond acceptors (Lipinski definition) is 3. The summed E-state index contributed by atoms with van der Waals surface area (Å²) in [6, 6.07) is 8.02. The van der Waals surface area contributed by atoms with Crippen molar-refractivity contribution >= 4 is 23.4 Å². The van der Waals surface area contributed by atoms with Crippen molar-refractivity contribution in [2.45, 2.75) is 31.7 Å². The summed E-state index contributed by atoms with van der Waals surface area (Å²) in [7, 11) is 0. The summed E-state index contributed by atoms with van der Waals surface area (Å²) >= 11 is 1.88. The zero-order valence-electron chi connectivity index (χ0n) is 11.4. The van der Waals surface area contributed by atoms with Gasteiger partial charge in [-0.2, -0.15) is 11.8 Å². The molecule has 0 fully saturated rings. The highest BCUT2D eigenvalue weighted by Crippen LogP contribution is 2.21. The van der Waals surface area contributed by atoms with Gasteiger partial charge in [0, 0.05) is 5.69 Å². The fraction of sp³-hybridized carbons (Fsp3) is 0.533. The second-order valence-corrected chi connectivity index (χ2v) is 5.88. The lowest BCUT2D eigenvalue weighted by atomic mass is 10.1. The summed E-state index contributed by atoms with van der Waals surface area (Å²) in [5.74, 6) is 1.30. The molecule has 0 spiro atoms. The molecule has 104 valence electrons. The van der Waals surface area contributed by atoms with Crippen LogP contribution in [0.1, 0.15) is 24.8 Å². The number of para-hydroxylation sites is 1. The molecule has 1 heterocycles. The molecule has 1 unspecified atom stereocenters. The maximum absolute atomic E-state index is 12.1. The zero-order valence-corrected chi connectivity index (χ0v) is 12.3. The van der Waals surface area contributed by atoms with E-state index >= 15 is 0 Å². The van der Waals surface area contributed by atoms with Crippen LogP contribution in [0.3, 0.4) is 0 Å². The van der Waals surface area contributed by atoms with Crippen molar-refractivity contribution in [2.24, 2.45) is 0 Å². The first-order valence-electron chi connectivity index (χ1n) is 6.92. The molecule has 0 aliphatic carbocycles. The molecule has 0 saturated heterocycles. The van der Waals surface area contributed by atoms with Crippen molar-refractivity contribution in [1.29, 1.82) is 0 Å². The third kappa shape index (κ3) is 4.25. The monoisotopic (exact) mass is 278 g/mol. The van der Waals surface area contributed by atoms with E-state index in [1.807, 2.05) is 30.0 Å². The molecule has 2 N–H and O–H groups in total. The number of rotatable bonds is 6. The summed E-state index contributed by atoms with van der Waals surface area (Å²) in [5, 5.41) is 6.40. The standard InChI is InChI=1S/C15H22N2OS/c1-19-11-5-4-10-16-14-9-8-12-6-2-3-7-13(12)17-15(14)18/h2-3,6-7,14,16H,4-5,8-11H2,1H3,(H,17,18). The molecule has 3 nitrogen and oxygen atoms in total. The minimum absolute atomic E-state index is 0.0540. The van der Waals surface area contributed by atoms with Crippen LogP contribution < -0.4 is 10.6 Å². The number of carbonyl (C=O) groups is 1. The molecule has 4 heteroatoms. The maximum Gasteiger partial charge on any atom is 0.241 e. The second-order valence-electron chi connectivity index (χ2n) is 4.89. The van der Waals surface area contributed by atoms with E-state index in [0.29, 0.717) is 0 Å². The van der Waals surface area contributed by atoms with Crippen LogP contribution >= 0.6 is 11.8 Å². The lowest BCUT2D eigenvalue weighted by Crippen LogP contribution is -2.40. The van der Waals surface area contributed by atoms with Gasteiger partial charge < -0.3 is 10.6 Å². The first-order chi connectivity index (χ1) is 9.31. The molecule has 0 aromatic heterocycles. The summed E-state index contributed by atoms with van der Waals surface area (Å²) in [6.45, 7) is 0.926. The average Bonchev–Trinajstić information content (AvgIpc) is 2.58. The average molecular weight is 278 g/mol. The predicted molar refractivity (Wildman–Crippen MR) is 82.8 cm³/mol. The molecular formula is C15H22N2OS. The first-order valence-corrected chi connectivity index (χ1v) is 8.31. The molecule has 19 heavy (non-hydrogen) atoms. The van der Waals surface area contributed by atoms with Gasteiger partial charge in [-0.3, -0.25) is 4.79 Å². The molecule has 1 amide bonds. The number of anilines is 1. The van der Waals surface area contributed by atoms with Gasteiger partial charge in [-0.1, -0.05) is 18.2 Å². The van der Waals surface area contributed by atoms with Crippen LogP contribution in [0.4, 0.5) is 5.69 Å². The Hall–Kier alpha value is -1.00. The van der Waals surface area contributed by atoms with Gasteiger partial charge >= 0.3 is 0 Å². The van der Waals surface area contributed by atoms with Crippen LogP contribution in [0, 0.1) is 0 Å². The van der Waals surface area contributed by atoms with Crippen LogP contribution in [0.15, 0.2) is 24.3 Å². The fourth-order valence-electron chi connectivity index (χ4n) is 2.35. The van der Waals surface area contributed by atoms with E-state index in [2.05, 4.69) is 23.0 Å². The van der Waals surface area contributed by atoms with Gasteiger partial charge in [0.1, 0.15) is 0 Å². The minimum atomic E-state index is -0.0540. The van der Waals surface area contributed by atoms with Crippen molar-refractivity contribution in [3.05, 3.63) is 29.8 Å². The quantitative estimate of drug-likeness (QED) is 0.786. The van der Waals surface area contributed by atoms with Crippen LogP contribution in [0.5, 0.6) is 0 Å². The van der Waals surface area contributed by atoms with Crippen molar-refractivity contribution in [2.75, 3.05) is 23.9 Å². The number of fused-ring (bicyclic) bond motifs is 1. The third-order valence-corrected chi connectivity index (χ3v) is 4.16. The molecule has 1 aromatic carbocycles. The number of benzene rings is 1. The summed E-state index contributed by atoms with van der Waals surface area (Å²) < 4.78 is 0. The molecule has 2 rings (SSSR count). The van der Waals surface area contributed by atoms with E-state index in [1.165, 1.54) is 17.7 Å². The van der Waals surface area contributed by atoms with Gasteiger partial charge in [0.25, 0.3) is 0 Å². The Morgan fingerprint density at radius 1 is 1.37 bits per heavy atom. The Bertz CT molecular complexity index is 422. The van der Waals surface area contributed by atoms with E-state index in [9.17, 15) is 4.79 Å². The number of amides is 1. The van der Waals surface area contributed by atoms with Gasteiger partial charge in [-0.25, -0.2) is 0 Å². The van der Waals surface area contributed by atoms with Crippen LogP contribution in [-0.4, -0.2) is 30.5 Å². The predicted octanol–water partition coefficient (Wildman–Crippen LogP) is 2.67.